The molecule has 1 saturated carbocycles. The largest absolute Gasteiger partial charge is 0.435 e. The number of carbonyl (C=O) groups excluding carboxylic acids is 1. The highest BCUT2D eigenvalue weighted by molar-refractivity contribution is 7.92. The normalized spacial score (nSPS) is 22.1. The molecule has 2 fully saturated rings. The Bertz CT molecular complexity index is 1370. The van der Waals surface area contributed by atoms with E-state index in [0.717, 1.165) is 28.9 Å². The number of amides is 1. The van der Waals surface area contributed by atoms with Crippen molar-refractivity contribution < 1.29 is 52.7 Å². The van der Waals surface area contributed by atoms with Crippen LogP contribution in [0, 0.1) is 5.41 Å². The Kier molecular flexibility index (Phi) is 6.40. The lowest BCUT2D eigenvalue weighted by atomic mass is 10.0. The van der Waals surface area contributed by atoms with E-state index in [9.17, 15) is 52.7 Å². The summed E-state index contributed by atoms with van der Waals surface area (Å²) in [6.07, 6.45) is -15.7. The first-order chi connectivity index (χ1) is 17.2. The van der Waals surface area contributed by atoms with Crippen LogP contribution in [-0.4, -0.2) is 53.0 Å². The number of nitrogens with zero attached hydrogens (tertiary/aromatic N) is 3. The predicted octanol–water partition coefficient (Wildman–Crippen LogP) is 5.23. The summed E-state index contributed by atoms with van der Waals surface area (Å²) in [4.78, 5) is 12.2. The van der Waals surface area contributed by atoms with E-state index in [-0.39, 0.29) is 6.07 Å². The van der Waals surface area contributed by atoms with Gasteiger partial charge in [-0.25, -0.2) is 8.42 Å². The molecule has 38 heavy (non-hydrogen) atoms. The number of aryl methyl sites for hydroxylation is 1. The van der Waals surface area contributed by atoms with Gasteiger partial charge in [0.2, 0.25) is 5.91 Å². The van der Waals surface area contributed by atoms with Crippen molar-refractivity contribution in [1.82, 2.24) is 14.7 Å². The molecule has 1 saturated heterocycles. The Hall–Kier alpha value is -2.78. The van der Waals surface area contributed by atoms with Gasteiger partial charge in [0.1, 0.15) is 5.41 Å². The zero-order valence-corrected chi connectivity index (χ0v) is 20.5. The summed E-state index contributed by atoms with van der Waals surface area (Å²) in [6, 6.07) is 0.566. The van der Waals surface area contributed by atoms with Gasteiger partial charge >= 0.3 is 18.5 Å². The SMILES string of the molecule is C[C@@H]1CC(S(=O)(=O)c2ccc(-c3cn(C)nc3C(F)(F)F)cc2C(F)(F)F)CN1C(=O)C1(C(F)(F)F)CC1. The Morgan fingerprint density at radius 2 is 1.63 bits per heavy atom. The van der Waals surface area contributed by atoms with E-state index in [0.29, 0.717) is 6.07 Å². The molecule has 2 atom stereocenters. The van der Waals surface area contributed by atoms with Crippen LogP contribution < -0.4 is 0 Å². The highest BCUT2D eigenvalue weighted by Gasteiger charge is 2.70. The fourth-order valence-corrected chi connectivity index (χ4v) is 6.75. The van der Waals surface area contributed by atoms with Crippen molar-refractivity contribution in [3.8, 4) is 11.1 Å². The van der Waals surface area contributed by atoms with Gasteiger partial charge < -0.3 is 4.90 Å². The molecule has 2 aliphatic rings. The van der Waals surface area contributed by atoms with Gasteiger partial charge in [-0.2, -0.15) is 44.6 Å². The molecule has 2 heterocycles. The maximum Gasteiger partial charge on any atom is 0.435 e. The molecule has 1 aromatic carbocycles. The number of hydrogen-bond donors (Lipinski definition) is 0. The summed E-state index contributed by atoms with van der Waals surface area (Å²) in [5.41, 5.74) is -7.13. The second-order valence-electron chi connectivity index (χ2n) is 9.56. The Labute approximate surface area is 210 Å². The number of sulfone groups is 1. The molecule has 0 bridgehead atoms. The molecule has 0 spiro atoms. The zero-order valence-electron chi connectivity index (χ0n) is 19.7. The van der Waals surface area contributed by atoms with Crippen molar-refractivity contribution in [2.45, 2.75) is 60.9 Å². The van der Waals surface area contributed by atoms with Gasteiger partial charge in [-0.3, -0.25) is 9.48 Å². The fourth-order valence-electron chi connectivity index (χ4n) is 4.76. The summed E-state index contributed by atoms with van der Waals surface area (Å²) in [6.45, 7) is 0.550. The van der Waals surface area contributed by atoms with Gasteiger partial charge in [-0.15, -0.1) is 0 Å². The second kappa shape index (κ2) is 8.61. The van der Waals surface area contributed by atoms with Crippen molar-refractivity contribution in [2.24, 2.45) is 12.5 Å². The number of likely N-dealkylation sites (tertiary alicyclic amines) is 1. The third-order valence-electron chi connectivity index (χ3n) is 6.94. The average molecular weight is 577 g/mol. The highest BCUT2D eigenvalue weighted by Crippen LogP contribution is 2.59. The molecule has 0 radical (unpaired) electrons. The summed E-state index contributed by atoms with van der Waals surface area (Å²) in [5, 5.41) is 1.58. The molecular weight excluding hydrogens is 557 g/mol. The molecule has 1 unspecified atom stereocenters. The molecule has 4 rings (SSSR count). The van der Waals surface area contributed by atoms with Crippen LogP contribution in [0.25, 0.3) is 11.1 Å². The summed E-state index contributed by atoms with van der Waals surface area (Å²) >= 11 is 0. The van der Waals surface area contributed by atoms with E-state index in [1.165, 1.54) is 6.92 Å². The van der Waals surface area contributed by atoms with Crippen LogP contribution in [0.15, 0.2) is 29.3 Å². The third-order valence-corrected chi connectivity index (χ3v) is 9.13. The molecule has 2 aromatic rings. The molecule has 1 aromatic heterocycles. The Morgan fingerprint density at radius 3 is 2.13 bits per heavy atom. The van der Waals surface area contributed by atoms with Crippen LogP contribution in [0.1, 0.15) is 37.4 Å². The van der Waals surface area contributed by atoms with Gasteiger partial charge in [0, 0.05) is 31.4 Å². The molecular formula is C22H20F9N3O3S. The van der Waals surface area contributed by atoms with Gasteiger partial charge in [-0.1, -0.05) is 6.07 Å². The fraction of sp³-hybridized carbons (Fsp3) is 0.545. The number of carbonyl (C=O) groups is 1. The van der Waals surface area contributed by atoms with Crippen LogP contribution in [0.3, 0.4) is 0 Å². The molecule has 16 heteroatoms. The van der Waals surface area contributed by atoms with Crippen molar-refractivity contribution in [1.29, 1.82) is 0 Å². The quantitative estimate of drug-likeness (QED) is 0.467. The van der Waals surface area contributed by atoms with E-state index in [1.54, 1.807) is 0 Å². The van der Waals surface area contributed by atoms with E-state index in [1.807, 2.05) is 0 Å². The minimum atomic E-state index is -5.31. The number of halogens is 9. The van der Waals surface area contributed by atoms with Crippen molar-refractivity contribution in [3.05, 3.63) is 35.7 Å². The molecule has 1 aliphatic heterocycles. The van der Waals surface area contributed by atoms with Gasteiger partial charge in [0.05, 0.1) is 15.7 Å². The first kappa shape index (κ1) is 28.2. The number of hydrogen-bond acceptors (Lipinski definition) is 4. The number of alkyl halides is 9. The van der Waals surface area contributed by atoms with Crippen LogP contribution in [-0.2, 0) is 34.0 Å². The van der Waals surface area contributed by atoms with Crippen molar-refractivity contribution in [3.63, 3.8) is 0 Å². The monoisotopic (exact) mass is 577 g/mol. The maximum absolute atomic E-state index is 14.0. The molecule has 6 nitrogen and oxygen atoms in total. The van der Waals surface area contributed by atoms with Crippen LogP contribution in [0.2, 0.25) is 0 Å². The van der Waals surface area contributed by atoms with Crippen molar-refractivity contribution in [2.75, 3.05) is 6.54 Å². The molecule has 1 aliphatic carbocycles. The lowest BCUT2D eigenvalue weighted by Crippen LogP contribution is -2.46. The smallest absolute Gasteiger partial charge is 0.338 e. The summed E-state index contributed by atoms with van der Waals surface area (Å²) in [5.74, 6) is -1.32. The standard InChI is InChI=1S/C22H20F9N3O3S/c1-11-7-13(9-34(11)18(35)19(5-6-19)22(29,30)31)38(36,37)16-4-3-12(8-15(16)20(23,24)25)14-10-33(2)32-17(14)21(26,27)28/h3-4,8,10-11,13H,5-7,9H2,1-2H3/t11-,13?/m1/s1. The Morgan fingerprint density at radius 1 is 1.03 bits per heavy atom. The van der Waals surface area contributed by atoms with Gasteiger partial charge in [0.15, 0.2) is 15.5 Å². The molecule has 0 N–H and O–H groups in total. The van der Waals surface area contributed by atoms with Gasteiger partial charge in [0.25, 0.3) is 0 Å². The van der Waals surface area contributed by atoms with Gasteiger partial charge in [-0.05, 0) is 43.9 Å². The lowest BCUT2D eigenvalue weighted by Gasteiger charge is -2.28. The first-order valence-corrected chi connectivity index (χ1v) is 12.7. The second-order valence-corrected chi connectivity index (χ2v) is 11.8. The zero-order chi connectivity index (χ0) is 28.6. The number of rotatable bonds is 4. The minimum Gasteiger partial charge on any atom is -0.338 e. The van der Waals surface area contributed by atoms with E-state index >= 15 is 0 Å². The van der Waals surface area contributed by atoms with Crippen LogP contribution in [0.5, 0.6) is 0 Å². The average Bonchev–Trinajstić information content (AvgIpc) is 3.37. The summed E-state index contributed by atoms with van der Waals surface area (Å²) in [7, 11) is -3.76. The highest BCUT2D eigenvalue weighted by atomic mass is 32.2. The topological polar surface area (TPSA) is 72.3 Å². The third kappa shape index (κ3) is 4.64. The van der Waals surface area contributed by atoms with E-state index < -0.39 is 104 Å². The molecule has 1 amide bonds. The Balaban J connectivity index is 1.72. The van der Waals surface area contributed by atoms with Crippen molar-refractivity contribution >= 4 is 15.7 Å². The predicted molar refractivity (Wildman–Crippen MR) is 113 cm³/mol. The van der Waals surface area contributed by atoms with E-state index in [2.05, 4.69) is 5.10 Å². The number of benzene rings is 1. The summed E-state index contributed by atoms with van der Waals surface area (Å²) < 4.78 is 150. The van der Waals surface area contributed by atoms with Crippen LogP contribution in [0.4, 0.5) is 39.5 Å². The first-order valence-electron chi connectivity index (χ1n) is 11.1. The number of aromatic nitrogens is 2. The minimum absolute atomic E-state index is 0.267. The molecule has 210 valence electrons. The van der Waals surface area contributed by atoms with Crippen LogP contribution >= 0.6 is 0 Å². The van der Waals surface area contributed by atoms with E-state index in [4.69, 9.17) is 0 Å². The maximum atomic E-state index is 14.0. The lowest BCUT2D eigenvalue weighted by molar-refractivity contribution is -0.198.